The van der Waals surface area contributed by atoms with E-state index in [1.165, 1.54) is 32.3 Å². The number of nitrogens with zero attached hydrogens (tertiary/aromatic N) is 2. The zero-order chi connectivity index (χ0) is 18.1. The van der Waals surface area contributed by atoms with Crippen LogP contribution in [0.3, 0.4) is 0 Å². The topological polar surface area (TPSA) is 69.7 Å². The molecule has 24 heavy (non-hydrogen) atoms. The van der Waals surface area contributed by atoms with Crippen LogP contribution >= 0.6 is 11.6 Å². The molecule has 1 N–H and O–H groups in total. The Bertz CT molecular complexity index is 711. The monoisotopic (exact) mass is 373 g/mol. The number of carbonyl (C=O) groups excluding carboxylic acids is 1. The number of hydrazine groups is 1. The van der Waals surface area contributed by atoms with Gasteiger partial charge in [-0.2, -0.15) is 0 Å². The number of amides is 1. The molecule has 1 aliphatic rings. The van der Waals surface area contributed by atoms with Crippen molar-refractivity contribution in [3.8, 4) is 0 Å². The quantitative estimate of drug-likeness (QED) is 0.880. The second kappa shape index (κ2) is 7.39. The molecule has 1 saturated heterocycles. The fourth-order valence-electron chi connectivity index (χ4n) is 2.87. The third-order valence-electron chi connectivity index (χ3n) is 4.39. The number of carbonyl (C=O) groups is 1. The standard InChI is InChI=1S/C16H24ClN3O3S/c1-11-6-5-7-12(2)20(11)18-16(21)14-10-13(8-9-15(14)17)24(22,23)19(3)4/h8-12H,5-7H2,1-4H3,(H,18,21)/t11-,12-/m1/s1. The van der Waals surface area contributed by atoms with Crippen molar-refractivity contribution in [2.45, 2.75) is 50.1 Å². The Labute approximate surface area is 148 Å². The van der Waals surface area contributed by atoms with Gasteiger partial charge in [-0.15, -0.1) is 0 Å². The van der Waals surface area contributed by atoms with E-state index in [0.29, 0.717) is 0 Å². The van der Waals surface area contributed by atoms with E-state index >= 15 is 0 Å². The first-order chi connectivity index (χ1) is 11.1. The molecule has 1 heterocycles. The fourth-order valence-corrected chi connectivity index (χ4v) is 4.00. The van der Waals surface area contributed by atoms with Crippen molar-refractivity contribution in [3.63, 3.8) is 0 Å². The lowest BCUT2D eigenvalue weighted by Crippen LogP contribution is -2.54. The van der Waals surface area contributed by atoms with Crippen molar-refractivity contribution in [2.75, 3.05) is 14.1 Å². The summed E-state index contributed by atoms with van der Waals surface area (Å²) in [4.78, 5) is 12.7. The molecule has 0 spiro atoms. The van der Waals surface area contributed by atoms with Gasteiger partial charge in [-0.1, -0.05) is 18.0 Å². The molecule has 0 saturated carbocycles. The Kier molecular flexibility index (Phi) is 5.91. The van der Waals surface area contributed by atoms with Crippen LogP contribution in [0.5, 0.6) is 0 Å². The molecule has 2 rings (SSSR count). The Morgan fingerprint density at radius 1 is 1.25 bits per heavy atom. The highest BCUT2D eigenvalue weighted by Gasteiger charge is 2.28. The predicted octanol–water partition coefficient (Wildman–Crippen LogP) is 2.50. The summed E-state index contributed by atoms with van der Waals surface area (Å²) < 4.78 is 25.6. The van der Waals surface area contributed by atoms with Gasteiger partial charge < -0.3 is 0 Å². The summed E-state index contributed by atoms with van der Waals surface area (Å²) >= 11 is 6.12. The molecule has 6 nitrogen and oxygen atoms in total. The zero-order valence-corrected chi connectivity index (χ0v) is 16.0. The number of rotatable bonds is 4. The molecule has 1 aromatic rings. The maximum atomic E-state index is 12.6. The summed E-state index contributed by atoms with van der Waals surface area (Å²) in [6.07, 6.45) is 3.15. The van der Waals surface area contributed by atoms with Crippen molar-refractivity contribution in [3.05, 3.63) is 28.8 Å². The third kappa shape index (κ3) is 3.91. The maximum Gasteiger partial charge on any atom is 0.267 e. The molecule has 1 amide bonds. The van der Waals surface area contributed by atoms with Gasteiger partial charge in [0.2, 0.25) is 10.0 Å². The van der Waals surface area contributed by atoms with Gasteiger partial charge in [-0.3, -0.25) is 10.2 Å². The number of hydrogen-bond donors (Lipinski definition) is 1. The Hall–Kier alpha value is -1.15. The predicted molar refractivity (Wildman–Crippen MR) is 94.4 cm³/mol. The minimum absolute atomic E-state index is 0.0433. The van der Waals surface area contributed by atoms with Gasteiger partial charge in [0.1, 0.15) is 0 Å². The number of benzene rings is 1. The number of sulfonamides is 1. The SMILES string of the molecule is C[C@@H]1CCC[C@@H](C)N1NC(=O)c1cc(S(=O)(=O)N(C)C)ccc1Cl. The first-order valence-corrected chi connectivity index (χ1v) is 9.77. The second-order valence-corrected chi connectivity index (χ2v) is 8.97. The molecule has 2 atom stereocenters. The Morgan fingerprint density at radius 3 is 2.38 bits per heavy atom. The first kappa shape index (κ1) is 19.2. The van der Waals surface area contributed by atoms with Crippen LogP contribution < -0.4 is 5.43 Å². The minimum Gasteiger partial charge on any atom is -0.284 e. The van der Waals surface area contributed by atoms with Crippen LogP contribution in [0.1, 0.15) is 43.5 Å². The molecule has 0 bridgehead atoms. The van der Waals surface area contributed by atoms with E-state index < -0.39 is 15.9 Å². The molecule has 0 aliphatic carbocycles. The van der Waals surface area contributed by atoms with Crippen molar-refractivity contribution in [1.82, 2.24) is 14.7 Å². The highest BCUT2D eigenvalue weighted by molar-refractivity contribution is 7.89. The molecular formula is C16H24ClN3O3S. The van der Waals surface area contributed by atoms with Crippen molar-refractivity contribution in [2.24, 2.45) is 0 Å². The van der Waals surface area contributed by atoms with E-state index in [1.54, 1.807) is 0 Å². The van der Waals surface area contributed by atoms with E-state index in [2.05, 4.69) is 19.3 Å². The van der Waals surface area contributed by atoms with Crippen LogP contribution in [0, 0.1) is 0 Å². The van der Waals surface area contributed by atoms with E-state index in [-0.39, 0.29) is 27.6 Å². The molecular weight excluding hydrogens is 350 g/mol. The van der Waals surface area contributed by atoms with Crippen molar-refractivity contribution >= 4 is 27.5 Å². The summed E-state index contributed by atoms with van der Waals surface area (Å²) in [5, 5.41) is 2.15. The van der Waals surface area contributed by atoms with Gasteiger partial charge >= 0.3 is 0 Å². The Balaban J connectivity index is 2.29. The smallest absolute Gasteiger partial charge is 0.267 e. The number of nitrogens with one attached hydrogen (secondary N) is 1. The van der Waals surface area contributed by atoms with Crippen LogP contribution in [0.2, 0.25) is 5.02 Å². The molecule has 0 unspecified atom stereocenters. The normalized spacial score (nSPS) is 22.6. The van der Waals surface area contributed by atoms with E-state index in [9.17, 15) is 13.2 Å². The molecule has 1 aliphatic heterocycles. The summed E-state index contributed by atoms with van der Waals surface area (Å²) in [7, 11) is -0.733. The van der Waals surface area contributed by atoms with Crippen LogP contribution in [0.4, 0.5) is 0 Å². The van der Waals surface area contributed by atoms with Gasteiger partial charge in [-0.25, -0.2) is 17.7 Å². The van der Waals surface area contributed by atoms with Gasteiger partial charge in [0, 0.05) is 26.2 Å². The second-order valence-electron chi connectivity index (χ2n) is 6.41. The van der Waals surface area contributed by atoms with Crippen LogP contribution in [-0.4, -0.2) is 49.8 Å². The highest BCUT2D eigenvalue weighted by atomic mass is 35.5. The largest absolute Gasteiger partial charge is 0.284 e. The highest BCUT2D eigenvalue weighted by Crippen LogP contribution is 2.24. The van der Waals surface area contributed by atoms with E-state index in [4.69, 9.17) is 11.6 Å². The first-order valence-electron chi connectivity index (χ1n) is 7.96. The molecule has 1 aromatic carbocycles. The minimum atomic E-state index is -3.62. The lowest BCUT2D eigenvalue weighted by molar-refractivity contribution is 0.0369. The average Bonchev–Trinajstić information content (AvgIpc) is 2.51. The zero-order valence-electron chi connectivity index (χ0n) is 14.4. The molecule has 134 valence electrons. The van der Waals surface area contributed by atoms with Crippen LogP contribution in [0.25, 0.3) is 0 Å². The number of hydrogen-bond acceptors (Lipinski definition) is 4. The van der Waals surface area contributed by atoms with E-state index in [0.717, 1.165) is 23.6 Å². The van der Waals surface area contributed by atoms with Gasteiger partial charge in [0.15, 0.2) is 0 Å². The number of halogens is 1. The molecule has 0 radical (unpaired) electrons. The van der Waals surface area contributed by atoms with Gasteiger partial charge in [-0.05, 0) is 44.9 Å². The summed E-state index contributed by atoms with van der Waals surface area (Å²) in [6.45, 7) is 4.12. The van der Waals surface area contributed by atoms with Crippen molar-refractivity contribution in [1.29, 1.82) is 0 Å². The molecule has 1 fully saturated rings. The van der Waals surface area contributed by atoms with Crippen LogP contribution in [0.15, 0.2) is 23.1 Å². The third-order valence-corrected chi connectivity index (χ3v) is 6.53. The summed E-state index contributed by atoms with van der Waals surface area (Å²) in [5.74, 6) is -0.392. The van der Waals surface area contributed by atoms with Crippen molar-refractivity contribution < 1.29 is 13.2 Å². The lowest BCUT2D eigenvalue weighted by Gasteiger charge is -2.38. The average molecular weight is 374 g/mol. The Morgan fingerprint density at radius 2 is 1.83 bits per heavy atom. The van der Waals surface area contributed by atoms with E-state index in [1.807, 2.05) is 5.01 Å². The van der Waals surface area contributed by atoms with Gasteiger partial charge in [0.05, 0.1) is 15.5 Å². The summed E-state index contributed by atoms with van der Waals surface area (Å²) in [5.41, 5.74) is 3.04. The van der Waals surface area contributed by atoms with Crippen LogP contribution in [-0.2, 0) is 10.0 Å². The number of piperidine rings is 1. The maximum absolute atomic E-state index is 12.6. The van der Waals surface area contributed by atoms with Gasteiger partial charge in [0.25, 0.3) is 5.91 Å². The molecule has 0 aromatic heterocycles. The molecule has 8 heteroatoms. The lowest BCUT2D eigenvalue weighted by atomic mass is 10.00. The summed E-state index contributed by atoms with van der Waals surface area (Å²) in [6, 6.07) is 4.62. The fraction of sp³-hybridized carbons (Fsp3) is 0.562.